The number of carbonyl (C=O) groups is 1. The van der Waals surface area contributed by atoms with Gasteiger partial charge in [-0.1, -0.05) is 12.8 Å². The second-order valence-corrected chi connectivity index (χ2v) is 6.48. The first-order valence-corrected chi connectivity index (χ1v) is 8.11. The van der Waals surface area contributed by atoms with Crippen LogP contribution in [-0.2, 0) is 4.79 Å². The average molecular weight is 298 g/mol. The van der Waals surface area contributed by atoms with Gasteiger partial charge in [0, 0.05) is 25.7 Å². The van der Waals surface area contributed by atoms with Crippen LogP contribution in [0.15, 0.2) is 0 Å². The third-order valence-corrected chi connectivity index (χ3v) is 4.76. The fraction of sp³-hybridized carbons (Fsp3) is 0.929. The Bertz CT molecular complexity index is 337. The molecule has 3 unspecified atom stereocenters. The second kappa shape index (κ2) is 8.12. The molecule has 2 saturated heterocycles. The van der Waals surface area contributed by atoms with Gasteiger partial charge in [-0.2, -0.15) is 0 Å². The maximum atomic E-state index is 11.4. The smallest absolute Gasteiger partial charge is 0.451 e. The van der Waals surface area contributed by atoms with Crippen molar-refractivity contribution in [3.8, 4) is 0 Å². The predicted molar refractivity (Wildman–Crippen MR) is 80.9 cm³/mol. The van der Waals surface area contributed by atoms with Crippen LogP contribution in [0.1, 0.15) is 32.1 Å². The molecule has 120 valence electrons. The number of hydrogen-bond donors (Lipinski definition) is 4. The first kappa shape index (κ1) is 16.7. The van der Waals surface area contributed by atoms with Gasteiger partial charge < -0.3 is 25.4 Å². The Hall–Kier alpha value is -0.625. The monoisotopic (exact) mass is 298 g/mol. The minimum atomic E-state index is -1.28. The van der Waals surface area contributed by atoms with Gasteiger partial charge in [0.15, 0.2) is 0 Å². The minimum Gasteiger partial charge on any atom is -0.481 e. The highest BCUT2D eigenvalue weighted by molar-refractivity contribution is 6.40. The van der Waals surface area contributed by atoms with Gasteiger partial charge >= 0.3 is 13.1 Å². The van der Waals surface area contributed by atoms with Gasteiger partial charge in [-0.25, -0.2) is 0 Å². The van der Waals surface area contributed by atoms with Gasteiger partial charge in [-0.15, -0.1) is 0 Å². The largest absolute Gasteiger partial charge is 0.481 e. The molecule has 0 spiro atoms. The van der Waals surface area contributed by atoms with Gasteiger partial charge in [0.1, 0.15) is 0 Å². The van der Waals surface area contributed by atoms with Gasteiger partial charge in [0.05, 0.1) is 5.92 Å². The number of carboxylic acids is 1. The van der Waals surface area contributed by atoms with Gasteiger partial charge in [0.25, 0.3) is 0 Å². The van der Waals surface area contributed by atoms with E-state index in [9.17, 15) is 9.90 Å². The lowest BCUT2D eigenvalue weighted by molar-refractivity contribution is -0.142. The van der Waals surface area contributed by atoms with Crippen molar-refractivity contribution in [3.63, 3.8) is 0 Å². The van der Waals surface area contributed by atoms with E-state index < -0.39 is 13.1 Å². The summed E-state index contributed by atoms with van der Waals surface area (Å²) in [5.74, 6) is -0.905. The first-order chi connectivity index (χ1) is 10.1. The Morgan fingerprint density at radius 3 is 2.71 bits per heavy atom. The fourth-order valence-corrected chi connectivity index (χ4v) is 3.64. The topological polar surface area (TPSA) is 93.0 Å². The summed E-state index contributed by atoms with van der Waals surface area (Å²) in [7, 11) is -1.28. The third-order valence-electron chi connectivity index (χ3n) is 4.76. The summed E-state index contributed by atoms with van der Waals surface area (Å²) in [6.07, 6.45) is 5.42. The lowest BCUT2D eigenvalue weighted by Crippen LogP contribution is -2.43. The molecule has 2 aliphatic rings. The van der Waals surface area contributed by atoms with Crippen LogP contribution in [0.3, 0.4) is 0 Å². The highest BCUT2D eigenvalue weighted by atomic mass is 16.4. The molecule has 0 aliphatic carbocycles. The van der Waals surface area contributed by atoms with E-state index in [0.717, 1.165) is 26.1 Å². The molecule has 0 bridgehead atoms. The Kier molecular flexibility index (Phi) is 6.48. The van der Waals surface area contributed by atoms with Crippen LogP contribution in [0.4, 0.5) is 0 Å². The summed E-state index contributed by atoms with van der Waals surface area (Å²) in [5.41, 5.74) is 0. The van der Waals surface area contributed by atoms with E-state index in [1.165, 1.54) is 19.3 Å². The van der Waals surface area contributed by atoms with Crippen molar-refractivity contribution in [2.24, 2.45) is 11.8 Å². The Balaban J connectivity index is 1.80. The highest BCUT2D eigenvalue weighted by Crippen LogP contribution is 2.29. The summed E-state index contributed by atoms with van der Waals surface area (Å²) in [6, 6.07) is 0.492. The Labute approximate surface area is 126 Å². The molecule has 0 aromatic heterocycles. The lowest BCUT2D eigenvalue weighted by Gasteiger charge is -2.28. The fourth-order valence-electron chi connectivity index (χ4n) is 3.64. The maximum Gasteiger partial charge on any atom is 0.451 e. The number of piperidine rings is 1. The van der Waals surface area contributed by atoms with Crippen LogP contribution < -0.4 is 5.32 Å². The van der Waals surface area contributed by atoms with E-state index in [1.807, 2.05) is 0 Å². The molecule has 3 atom stereocenters. The zero-order chi connectivity index (χ0) is 15.2. The predicted octanol–water partition coefficient (Wildman–Crippen LogP) is 0.0141. The Morgan fingerprint density at radius 2 is 2.10 bits per heavy atom. The van der Waals surface area contributed by atoms with Crippen molar-refractivity contribution in [2.45, 2.75) is 44.5 Å². The molecule has 0 saturated carbocycles. The number of hydrogen-bond acceptors (Lipinski definition) is 5. The van der Waals surface area contributed by atoms with E-state index in [0.29, 0.717) is 25.3 Å². The van der Waals surface area contributed by atoms with E-state index >= 15 is 0 Å². The molecule has 2 rings (SSSR count). The SMILES string of the molecule is O=C(O)C1CN(CC2CCCCN2)CC1CCCB(O)O. The number of rotatable bonds is 7. The van der Waals surface area contributed by atoms with E-state index in [4.69, 9.17) is 10.0 Å². The third kappa shape index (κ3) is 5.25. The normalized spacial score (nSPS) is 30.5. The molecule has 0 aromatic rings. The molecule has 0 amide bonds. The molecule has 0 aromatic carbocycles. The first-order valence-electron chi connectivity index (χ1n) is 8.11. The number of nitrogens with one attached hydrogen (secondary N) is 1. The number of likely N-dealkylation sites (tertiary alicyclic amines) is 1. The molecule has 2 aliphatic heterocycles. The molecular weight excluding hydrogens is 271 g/mol. The van der Waals surface area contributed by atoms with E-state index in [-0.39, 0.29) is 11.8 Å². The van der Waals surface area contributed by atoms with Crippen molar-refractivity contribution in [2.75, 3.05) is 26.2 Å². The summed E-state index contributed by atoms with van der Waals surface area (Å²) in [4.78, 5) is 13.7. The molecular formula is C14H27BN2O4. The number of aliphatic carboxylic acids is 1. The molecule has 4 N–H and O–H groups in total. The van der Waals surface area contributed by atoms with Gasteiger partial charge in [-0.05, 0) is 38.0 Å². The molecule has 0 radical (unpaired) electrons. The molecule has 6 nitrogen and oxygen atoms in total. The molecule has 21 heavy (non-hydrogen) atoms. The molecule has 2 heterocycles. The van der Waals surface area contributed by atoms with Gasteiger partial charge in [0.2, 0.25) is 0 Å². The number of carboxylic acid groups (broad SMARTS) is 1. The summed E-state index contributed by atoms with van der Waals surface area (Å²) >= 11 is 0. The molecule has 7 heteroatoms. The van der Waals surface area contributed by atoms with E-state index in [1.54, 1.807) is 0 Å². The van der Waals surface area contributed by atoms with Crippen LogP contribution in [0, 0.1) is 11.8 Å². The highest BCUT2D eigenvalue weighted by Gasteiger charge is 2.37. The van der Waals surface area contributed by atoms with E-state index in [2.05, 4.69) is 10.2 Å². The quantitative estimate of drug-likeness (QED) is 0.495. The van der Waals surface area contributed by atoms with Gasteiger partial charge in [-0.3, -0.25) is 4.79 Å². The van der Waals surface area contributed by atoms with Crippen molar-refractivity contribution >= 4 is 13.1 Å². The average Bonchev–Trinajstić information content (AvgIpc) is 2.82. The summed E-state index contributed by atoms with van der Waals surface area (Å²) < 4.78 is 0. The van der Waals surface area contributed by atoms with Crippen LogP contribution in [0.25, 0.3) is 0 Å². The zero-order valence-electron chi connectivity index (χ0n) is 12.6. The van der Waals surface area contributed by atoms with Crippen LogP contribution in [0.2, 0.25) is 6.32 Å². The minimum absolute atomic E-state index is 0.129. The second-order valence-electron chi connectivity index (χ2n) is 6.48. The summed E-state index contributed by atoms with van der Waals surface area (Å²) in [6.45, 7) is 3.44. The number of nitrogens with zero attached hydrogens (tertiary/aromatic N) is 1. The standard InChI is InChI=1S/C14H27BN2O4/c18-14(19)13-10-17(9-12-5-1-2-7-16-12)8-11(13)4-3-6-15(20)21/h11-13,16,20-21H,1-10H2,(H,18,19). The van der Waals surface area contributed by atoms with Crippen molar-refractivity contribution < 1.29 is 19.9 Å². The molecule has 2 fully saturated rings. The van der Waals surface area contributed by atoms with Crippen molar-refractivity contribution in [3.05, 3.63) is 0 Å². The van der Waals surface area contributed by atoms with Crippen LogP contribution in [-0.4, -0.2) is 65.4 Å². The Morgan fingerprint density at radius 1 is 1.29 bits per heavy atom. The zero-order valence-corrected chi connectivity index (χ0v) is 12.6. The van der Waals surface area contributed by atoms with Crippen molar-refractivity contribution in [1.29, 1.82) is 0 Å². The summed E-state index contributed by atoms with van der Waals surface area (Å²) in [5, 5.41) is 30.7. The van der Waals surface area contributed by atoms with Crippen molar-refractivity contribution in [1.82, 2.24) is 10.2 Å². The lowest BCUT2D eigenvalue weighted by atomic mass is 9.80. The van der Waals surface area contributed by atoms with Crippen LogP contribution >= 0.6 is 0 Å². The maximum absolute atomic E-state index is 11.4. The van der Waals surface area contributed by atoms with Crippen LogP contribution in [0.5, 0.6) is 0 Å².